The van der Waals surface area contributed by atoms with Crippen LogP contribution in [0.4, 0.5) is 4.39 Å². The molecule has 2 aromatic rings. The Morgan fingerprint density at radius 2 is 2.05 bits per heavy atom. The number of carbonyl (C=O) groups is 1. The molecule has 1 aromatic heterocycles. The van der Waals surface area contributed by atoms with Crippen LogP contribution in [0.3, 0.4) is 0 Å². The summed E-state index contributed by atoms with van der Waals surface area (Å²) in [7, 11) is 1.92. The fraction of sp³-hybridized carbons (Fsp3) is 0.333. The smallest absolute Gasteiger partial charge is 0.151 e. The average Bonchev–Trinajstić information content (AvgIpc) is 2.77. The summed E-state index contributed by atoms with van der Waals surface area (Å²) in [6.45, 7) is 3.08. The number of rotatable bonds is 6. The number of carbonyl (C=O) groups excluding carboxylic acids is 1. The van der Waals surface area contributed by atoms with Gasteiger partial charge < -0.3 is 0 Å². The highest BCUT2D eigenvalue weighted by Crippen LogP contribution is 2.14. The molecule has 0 spiro atoms. The number of nitrogens with zero attached hydrogens (tertiary/aromatic N) is 2. The maximum Gasteiger partial charge on any atom is 0.151 e. The van der Waals surface area contributed by atoms with Gasteiger partial charge in [0.05, 0.1) is 17.7 Å². The van der Waals surface area contributed by atoms with Crippen molar-refractivity contribution in [1.29, 1.82) is 0 Å². The van der Waals surface area contributed by atoms with E-state index >= 15 is 0 Å². The van der Waals surface area contributed by atoms with Crippen LogP contribution in [0.2, 0.25) is 0 Å². The molecular formula is C15H17FN2OS. The van der Waals surface area contributed by atoms with Crippen molar-refractivity contribution in [2.45, 2.75) is 19.9 Å². The predicted octanol–water partition coefficient (Wildman–Crippen LogP) is 2.83. The van der Waals surface area contributed by atoms with Gasteiger partial charge in [0, 0.05) is 17.8 Å². The quantitative estimate of drug-likeness (QED) is 0.821. The van der Waals surface area contributed by atoms with E-state index in [1.165, 1.54) is 17.0 Å². The molecule has 0 aliphatic rings. The first-order valence-corrected chi connectivity index (χ1v) is 7.26. The Labute approximate surface area is 122 Å². The number of benzene rings is 1. The lowest BCUT2D eigenvalue weighted by Gasteiger charge is -2.15. The van der Waals surface area contributed by atoms with Gasteiger partial charge in [0.15, 0.2) is 5.78 Å². The first kappa shape index (κ1) is 14.8. The van der Waals surface area contributed by atoms with Gasteiger partial charge in [-0.3, -0.25) is 9.69 Å². The SMILES string of the molecule is Cc1ncsc1CN(C)CC(=O)Cc1ccc(F)cc1. The zero-order chi connectivity index (χ0) is 14.5. The minimum Gasteiger partial charge on any atom is -0.298 e. The van der Waals surface area contributed by atoms with Crippen LogP contribution in [-0.2, 0) is 17.8 Å². The van der Waals surface area contributed by atoms with Crippen LogP contribution in [0.5, 0.6) is 0 Å². The molecule has 0 fully saturated rings. The third-order valence-electron chi connectivity index (χ3n) is 3.02. The van der Waals surface area contributed by atoms with E-state index in [1.807, 2.05) is 24.4 Å². The molecule has 0 N–H and O–H groups in total. The van der Waals surface area contributed by atoms with Crippen LogP contribution in [-0.4, -0.2) is 29.3 Å². The molecule has 0 saturated carbocycles. The van der Waals surface area contributed by atoms with Crippen molar-refractivity contribution < 1.29 is 9.18 Å². The Morgan fingerprint density at radius 1 is 1.35 bits per heavy atom. The summed E-state index contributed by atoms with van der Waals surface area (Å²) in [5.41, 5.74) is 3.69. The largest absolute Gasteiger partial charge is 0.298 e. The molecule has 20 heavy (non-hydrogen) atoms. The molecule has 0 saturated heterocycles. The summed E-state index contributed by atoms with van der Waals surface area (Å²) < 4.78 is 12.8. The lowest BCUT2D eigenvalue weighted by atomic mass is 10.1. The van der Waals surface area contributed by atoms with Crippen LogP contribution < -0.4 is 0 Å². The van der Waals surface area contributed by atoms with Crippen LogP contribution in [0.25, 0.3) is 0 Å². The second kappa shape index (κ2) is 6.72. The van der Waals surface area contributed by atoms with Crippen LogP contribution >= 0.6 is 11.3 Å². The highest BCUT2D eigenvalue weighted by atomic mass is 32.1. The molecule has 1 heterocycles. The fourth-order valence-corrected chi connectivity index (χ4v) is 2.82. The Balaban J connectivity index is 1.85. The highest BCUT2D eigenvalue weighted by molar-refractivity contribution is 7.09. The molecule has 0 atom stereocenters. The lowest BCUT2D eigenvalue weighted by Crippen LogP contribution is -2.26. The molecule has 106 valence electrons. The van der Waals surface area contributed by atoms with Crippen LogP contribution in [0, 0.1) is 12.7 Å². The molecule has 5 heteroatoms. The molecule has 0 unspecified atom stereocenters. The molecule has 0 amide bonds. The Kier molecular flexibility index (Phi) is 4.98. The van der Waals surface area contributed by atoms with Gasteiger partial charge in [-0.1, -0.05) is 12.1 Å². The maximum absolute atomic E-state index is 12.8. The first-order valence-electron chi connectivity index (χ1n) is 6.38. The number of aryl methyl sites for hydroxylation is 1. The van der Waals surface area contributed by atoms with E-state index in [0.717, 1.165) is 17.8 Å². The standard InChI is InChI=1S/C15H17FN2OS/c1-11-15(20-10-17-11)9-18(2)8-14(19)7-12-3-5-13(16)6-4-12/h3-6,10H,7-9H2,1-2H3. The van der Waals surface area contributed by atoms with E-state index in [1.54, 1.807) is 23.5 Å². The van der Waals surface area contributed by atoms with E-state index in [-0.39, 0.29) is 11.6 Å². The van der Waals surface area contributed by atoms with E-state index in [2.05, 4.69) is 4.98 Å². The van der Waals surface area contributed by atoms with Crippen molar-refractivity contribution in [2.24, 2.45) is 0 Å². The third-order valence-corrected chi connectivity index (χ3v) is 3.94. The number of halogens is 1. The Bertz CT molecular complexity index is 580. The highest BCUT2D eigenvalue weighted by Gasteiger charge is 2.10. The normalized spacial score (nSPS) is 11.0. The molecule has 0 aliphatic carbocycles. The second-order valence-corrected chi connectivity index (χ2v) is 5.81. The summed E-state index contributed by atoms with van der Waals surface area (Å²) in [6, 6.07) is 6.07. The minimum atomic E-state index is -0.279. The van der Waals surface area contributed by atoms with Gasteiger partial charge in [0.1, 0.15) is 5.82 Å². The number of hydrogen-bond donors (Lipinski definition) is 0. The molecule has 1 aromatic carbocycles. The van der Waals surface area contributed by atoms with E-state index in [0.29, 0.717) is 13.0 Å². The monoisotopic (exact) mass is 292 g/mol. The van der Waals surface area contributed by atoms with Crippen LogP contribution in [0.1, 0.15) is 16.1 Å². The summed E-state index contributed by atoms with van der Waals surface area (Å²) in [5, 5.41) is 0. The number of likely N-dealkylation sites (N-methyl/N-ethyl adjacent to an activating group) is 1. The molecule has 0 aliphatic heterocycles. The Hall–Kier alpha value is -1.59. The first-order chi connectivity index (χ1) is 9.54. The molecule has 0 radical (unpaired) electrons. The molecule has 3 nitrogen and oxygen atoms in total. The summed E-state index contributed by atoms with van der Waals surface area (Å²) in [4.78, 5) is 19.3. The zero-order valence-electron chi connectivity index (χ0n) is 11.6. The van der Waals surface area contributed by atoms with Gasteiger partial charge in [0.25, 0.3) is 0 Å². The molecular weight excluding hydrogens is 275 g/mol. The summed E-state index contributed by atoms with van der Waals surface area (Å²) in [5.74, 6) is -0.153. The second-order valence-electron chi connectivity index (χ2n) is 4.88. The third kappa shape index (κ3) is 4.21. The van der Waals surface area contributed by atoms with Crippen molar-refractivity contribution >= 4 is 17.1 Å². The van der Waals surface area contributed by atoms with Gasteiger partial charge in [-0.25, -0.2) is 9.37 Å². The van der Waals surface area contributed by atoms with Gasteiger partial charge >= 0.3 is 0 Å². The van der Waals surface area contributed by atoms with E-state index < -0.39 is 0 Å². The van der Waals surface area contributed by atoms with Gasteiger partial charge in [-0.2, -0.15) is 0 Å². The van der Waals surface area contributed by atoms with Crippen molar-refractivity contribution in [3.05, 3.63) is 51.7 Å². The maximum atomic E-state index is 12.8. The number of thiazole rings is 1. The molecule has 2 rings (SSSR count). The average molecular weight is 292 g/mol. The minimum absolute atomic E-state index is 0.126. The Morgan fingerprint density at radius 3 is 2.65 bits per heavy atom. The molecule has 0 bridgehead atoms. The van der Waals surface area contributed by atoms with Gasteiger partial charge in [0.2, 0.25) is 0 Å². The summed E-state index contributed by atoms with van der Waals surface area (Å²) >= 11 is 1.60. The number of ketones is 1. The van der Waals surface area contributed by atoms with E-state index in [9.17, 15) is 9.18 Å². The topological polar surface area (TPSA) is 33.2 Å². The lowest BCUT2D eigenvalue weighted by molar-refractivity contribution is -0.119. The van der Waals surface area contributed by atoms with Crippen molar-refractivity contribution in [1.82, 2.24) is 9.88 Å². The summed E-state index contributed by atoms with van der Waals surface area (Å²) in [6.07, 6.45) is 0.340. The predicted molar refractivity (Wildman–Crippen MR) is 78.3 cm³/mol. The van der Waals surface area contributed by atoms with E-state index in [4.69, 9.17) is 0 Å². The van der Waals surface area contributed by atoms with Gasteiger partial charge in [-0.15, -0.1) is 11.3 Å². The van der Waals surface area contributed by atoms with Gasteiger partial charge in [-0.05, 0) is 31.7 Å². The van der Waals surface area contributed by atoms with Crippen molar-refractivity contribution in [3.8, 4) is 0 Å². The van der Waals surface area contributed by atoms with Crippen molar-refractivity contribution in [2.75, 3.05) is 13.6 Å². The number of hydrogen-bond acceptors (Lipinski definition) is 4. The van der Waals surface area contributed by atoms with Crippen molar-refractivity contribution in [3.63, 3.8) is 0 Å². The number of Topliss-reactive ketones (excluding diaryl/α,β-unsaturated/α-hetero) is 1. The fourth-order valence-electron chi connectivity index (χ4n) is 1.97. The zero-order valence-corrected chi connectivity index (χ0v) is 12.4. The number of aromatic nitrogens is 1. The van der Waals surface area contributed by atoms with Crippen LogP contribution in [0.15, 0.2) is 29.8 Å².